The molecule has 92 valence electrons. The summed E-state index contributed by atoms with van der Waals surface area (Å²) in [6.45, 7) is 3.86. The molecule has 1 aromatic carbocycles. The molecule has 0 aromatic heterocycles. The standard InChI is InChI=1S/C13H16O4/c1-3-8(4-2)9-6-5-7-10(12(14)15)11(9)13(16)17/h5-8H,3-4H2,1-2H3,(H,14,15)(H,16,17)/p-2. The summed E-state index contributed by atoms with van der Waals surface area (Å²) in [6.07, 6.45) is 1.49. The lowest BCUT2D eigenvalue weighted by molar-refractivity contribution is -0.259. The van der Waals surface area contributed by atoms with Crippen LogP contribution in [0.4, 0.5) is 0 Å². The number of carboxylic acid groups (broad SMARTS) is 2. The normalized spacial score (nSPS) is 10.5. The molecule has 0 heterocycles. The highest BCUT2D eigenvalue weighted by Crippen LogP contribution is 2.27. The maximum absolute atomic E-state index is 11.1. The van der Waals surface area contributed by atoms with E-state index in [2.05, 4.69) is 0 Å². The zero-order chi connectivity index (χ0) is 13.0. The Bertz CT molecular complexity index is 433. The molecule has 0 unspecified atom stereocenters. The molecular weight excluding hydrogens is 220 g/mol. The zero-order valence-electron chi connectivity index (χ0n) is 9.86. The maximum Gasteiger partial charge on any atom is 0.0724 e. The third kappa shape index (κ3) is 2.64. The molecule has 0 aliphatic carbocycles. The molecule has 4 nitrogen and oxygen atoms in total. The van der Waals surface area contributed by atoms with E-state index in [0.29, 0.717) is 5.56 Å². The Kier molecular flexibility index (Phi) is 4.26. The van der Waals surface area contributed by atoms with Gasteiger partial charge in [0.25, 0.3) is 0 Å². The van der Waals surface area contributed by atoms with E-state index < -0.39 is 11.9 Å². The molecule has 0 saturated heterocycles. The SMILES string of the molecule is CCC(CC)c1cccc(C(=O)[O-])c1C(=O)[O-]. The van der Waals surface area contributed by atoms with Gasteiger partial charge in [0.2, 0.25) is 0 Å². The first-order chi connectivity index (χ1) is 8.02. The Labute approximate surface area is 99.9 Å². The highest BCUT2D eigenvalue weighted by molar-refractivity contribution is 6.01. The second kappa shape index (κ2) is 5.48. The number of carbonyl (C=O) groups is 2. The molecular formula is C13H14O4-2. The Morgan fingerprint density at radius 3 is 2.12 bits per heavy atom. The molecule has 4 heteroatoms. The van der Waals surface area contributed by atoms with Gasteiger partial charge in [0.15, 0.2) is 0 Å². The van der Waals surface area contributed by atoms with Gasteiger partial charge >= 0.3 is 0 Å². The summed E-state index contributed by atoms with van der Waals surface area (Å²) in [5, 5.41) is 22.0. The molecule has 1 aromatic rings. The monoisotopic (exact) mass is 234 g/mol. The van der Waals surface area contributed by atoms with Crippen molar-refractivity contribution >= 4 is 11.9 Å². The second-order valence-corrected chi connectivity index (χ2v) is 3.86. The van der Waals surface area contributed by atoms with Gasteiger partial charge in [0.1, 0.15) is 0 Å². The maximum atomic E-state index is 11.1. The van der Waals surface area contributed by atoms with Crippen LogP contribution in [0.2, 0.25) is 0 Å². The number of benzene rings is 1. The first-order valence-electron chi connectivity index (χ1n) is 5.58. The Hall–Kier alpha value is -1.84. The summed E-state index contributed by atoms with van der Waals surface area (Å²) >= 11 is 0. The van der Waals surface area contributed by atoms with E-state index in [1.165, 1.54) is 12.1 Å². The van der Waals surface area contributed by atoms with Crippen LogP contribution in [0.15, 0.2) is 18.2 Å². The highest BCUT2D eigenvalue weighted by atomic mass is 16.4. The fourth-order valence-electron chi connectivity index (χ4n) is 2.04. The average molecular weight is 234 g/mol. The van der Waals surface area contributed by atoms with E-state index in [9.17, 15) is 19.8 Å². The summed E-state index contributed by atoms with van der Waals surface area (Å²) < 4.78 is 0. The molecule has 0 N–H and O–H groups in total. The Morgan fingerprint density at radius 1 is 1.12 bits per heavy atom. The molecule has 0 saturated carbocycles. The fourth-order valence-corrected chi connectivity index (χ4v) is 2.04. The molecule has 0 spiro atoms. The van der Waals surface area contributed by atoms with E-state index in [-0.39, 0.29) is 17.0 Å². The average Bonchev–Trinajstić information content (AvgIpc) is 2.30. The molecule has 0 aliphatic heterocycles. The van der Waals surface area contributed by atoms with Gasteiger partial charge < -0.3 is 19.8 Å². The molecule has 0 atom stereocenters. The van der Waals surface area contributed by atoms with E-state index in [0.717, 1.165) is 12.8 Å². The quantitative estimate of drug-likeness (QED) is 0.734. The number of carboxylic acids is 2. The minimum Gasteiger partial charge on any atom is -0.545 e. The summed E-state index contributed by atoms with van der Waals surface area (Å²) in [5.41, 5.74) is -0.0488. The van der Waals surface area contributed by atoms with Gasteiger partial charge in [-0.25, -0.2) is 0 Å². The van der Waals surface area contributed by atoms with Crippen LogP contribution in [-0.4, -0.2) is 11.9 Å². The third-order valence-corrected chi connectivity index (χ3v) is 2.95. The van der Waals surface area contributed by atoms with Crippen LogP contribution in [0.25, 0.3) is 0 Å². The van der Waals surface area contributed by atoms with Crippen LogP contribution >= 0.6 is 0 Å². The summed E-state index contributed by atoms with van der Waals surface area (Å²) in [6, 6.07) is 4.40. The van der Waals surface area contributed by atoms with Crippen molar-refractivity contribution in [2.24, 2.45) is 0 Å². The summed E-state index contributed by atoms with van der Waals surface area (Å²) in [4.78, 5) is 22.0. The number of aromatic carboxylic acids is 2. The van der Waals surface area contributed by atoms with Crippen molar-refractivity contribution in [2.45, 2.75) is 32.6 Å². The van der Waals surface area contributed by atoms with Crippen molar-refractivity contribution in [3.05, 3.63) is 34.9 Å². The highest BCUT2D eigenvalue weighted by Gasteiger charge is 2.16. The van der Waals surface area contributed by atoms with Gasteiger partial charge in [-0.2, -0.15) is 0 Å². The van der Waals surface area contributed by atoms with E-state index in [1.54, 1.807) is 6.07 Å². The molecule has 0 fully saturated rings. The van der Waals surface area contributed by atoms with Crippen molar-refractivity contribution in [3.63, 3.8) is 0 Å². The summed E-state index contributed by atoms with van der Waals surface area (Å²) in [7, 11) is 0. The number of hydrogen-bond acceptors (Lipinski definition) is 4. The predicted octanol–water partition coefficient (Wildman–Crippen LogP) is 0.317. The lowest BCUT2D eigenvalue weighted by atomic mass is 9.88. The predicted molar refractivity (Wildman–Crippen MR) is 58.4 cm³/mol. The Morgan fingerprint density at radius 2 is 1.71 bits per heavy atom. The van der Waals surface area contributed by atoms with Crippen LogP contribution in [-0.2, 0) is 0 Å². The second-order valence-electron chi connectivity index (χ2n) is 3.86. The van der Waals surface area contributed by atoms with Crippen LogP contribution in [0.5, 0.6) is 0 Å². The van der Waals surface area contributed by atoms with Crippen LogP contribution in [0.1, 0.15) is 58.9 Å². The van der Waals surface area contributed by atoms with Crippen LogP contribution < -0.4 is 10.2 Å². The van der Waals surface area contributed by atoms with E-state index >= 15 is 0 Å². The molecule has 17 heavy (non-hydrogen) atoms. The van der Waals surface area contributed by atoms with Gasteiger partial charge in [-0.15, -0.1) is 0 Å². The minimum atomic E-state index is -1.49. The minimum absolute atomic E-state index is 0.0159. The summed E-state index contributed by atoms with van der Waals surface area (Å²) in [5.74, 6) is -2.94. The van der Waals surface area contributed by atoms with Gasteiger partial charge in [-0.3, -0.25) is 0 Å². The van der Waals surface area contributed by atoms with Crippen molar-refractivity contribution in [3.8, 4) is 0 Å². The largest absolute Gasteiger partial charge is 0.545 e. The van der Waals surface area contributed by atoms with Crippen LogP contribution in [0, 0.1) is 0 Å². The molecule has 0 bridgehead atoms. The van der Waals surface area contributed by atoms with E-state index in [1.807, 2.05) is 13.8 Å². The number of carbonyl (C=O) groups excluding carboxylic acids is 2. The first kappa shape index (κ1) is 13.2. The fraction of sp³-hybridized carbons (Fsp3) is 0.385. The van der Waals surface area contributed by atoms with E-state index in [4.69, 9.17) is 0 Å². The number of rotatable bonds is 5. The third-order valence-electron chi connectivity index (χ3n) is 2.95. The molecule has 0 aliphatic rings. The lowest BCUT2D eigenvalue weighted by Crippen LogP contribution is -2.31. The van der Waals surface area contributed by atoms with Crippen molar-refractivity contribution in [2.75, 3.05) is 0 Å². The van der Waals surface area contributed by atoms with Crippen LogP contribution in [0.3, 0.4) is 0 Å². The zero-order valence-corrected chi connectivity index (χ0v) is 9.86. The van der Waals surface area contributed by atoms with Crippen molar-refractivity contribution in [1.82, 2.24) is 0 Å². The smallest absolute Gasteiger partial charge is 0.0724 e. The lowest BCUT2D eigenvalue weighted by Gasteiger charge is -2.21. The van der Waals surface area contributed by atoms with Gasteiger partial charge in [0.05, 0.1) is 11.9 Å². The molecule has 1 rings (SSSR count). The van der Waals surface area contributed by atoms with Crippen molar-refractivity contribution in [1.29, 1.82) is 0 Å². The van der Waals surface area contributed by atoms with Gasteiger partial charge in [0, 0.05) is 11.1 Å². The first-order valence-corrected chi connectivity index (χ1v) is 5.58. The van der Waals surface area contributed by atoms with Gasteiger partial charge in [-0.1, -0.05) is 32.0 Å². The Balaban J connectivity index is 3.44. The van der Waals surface area contributed by atoms with Crippen molar-refractivity contribution < 1.29 is 19.8 Å². The topological polar surface area (TPSA) is 80.3 Å². The van der Waals surface area contributed by atoms with Gasteiger partial charge in [-0.05, 0) is 24.3 Å². The number of hydrogen-bond donors (Lipinski definition) is 0. The molecule has 0 radical (unpaired) electrons. The molecule has 0 amide bonds.